The molecule has 0 spiro atoms. The van der Waals surface area contributed by atoms with Crippen LogP contribution in [-0.4, -0.2) is 12.5 Å². The fourth-order valence-corrected chi connectivity index (χ4v) is 2.33. The molecule has 3 N–H and O–H groups in total. The van der Waals surface area contributed by atoms with E-state index in [4.69, 9.17) is 33.4 Å². The maximum Gasteiger partial charge on any atom is 0.254 e. The summed E-state index contributed by atoms with van der Waals surface area (Å²) in [5.41, 5.74) is 6.63. The Balaban J connectivity index is 2.05. The van der Waals surface area contributed by atoms with Crippen LogP contribution in [0.15, 0.2) is 34.9 Å². The Morgan fingerprint density at radius 1 is 1.27 bits per heavy atom. The topological polar surface area (TPSA) is 68.3 Å². The van der Waals surface area contributed by atoms with Crippen LogP contribution in [0, 0.1) is 0 Å². The van der Waals surface area contributed by atoms with Gasteiger partial charge >= 0.3 is 0 Å². The highest BCUT2D eigenvalue weighted by molar-refractivity contribution is 6.42. The van der Waals surface area contributed by atoms with Crippen molar-refractivity contribution in [2.75, 3.05) is 6.54 Å². The molecular weight excluding hydrogens is 323 g/mol. The summed E-state index contributed by atoms with van der Waals surface area (Å²) in [4.78, 5) is 12.1. The van der Waals surface area contributed by atoms with Gasteiger partial charge in [0.2, 0.25) is 0 Å². The molecule has 4 nitrogen and oxygen atoms in total. The third-order valence-corrected chi connectivity index (χ3v) is 4.25. The number of halogens is 2. The van der Waals surface area contributed by atoms with Crippen LogP contribution in [0.1, 0.15) is 35.5 Å². The standard InChI is InChI=1S/C16H18Cl2N2O2/c1-16(2,11-3-4-13(17)14(18)6-11)9-20-15(21)10-5-12(7-19)22-8-10/h3-6,8H,7,9,19H2,1-2H3,(H,20,21). The third kappa shape index (κ3) is 3.83. The quantitative estimate of drug-likeness (QED) is 0.870. The van der Waals surface area contributed by atoms with Crippen LogP contribution < -0.4 is 11.1 Å². The van der Waals surface area contributed by atoms with Crippen molar-refractivity contribution in [3.63, 3.8) is 0 Å². The zero-order chi connectivity index (χ0) is 16.3. The van der Waals surface area contributed by atoms with Crippen LogP contribution >= 0.6 is 23.2 Å². The highest BCUT2D eigenvalue weighted by Gasteiger charge is 2.23. The second-order valence-corrected chi connectivity index (χ2v) is 6.52. The van der Waals surface area contributed by atoms with Crippen molar-refractivity contribution in [1.29, 1.82) is 0 Å². The summed E-state index contributed by atoms with van der Waals surface area (Å²) in [6, 6.07) is 7.12. The lowest BCUT2D eigenvalue weighted by atomic mass is 9.84. The van der Waals surface area contributed by atoms with Gasteiger partial charge in [0.05, 0.1) is 22.2 Å². The predicted octanol–water partition coefficient (Wildman–Crippen LogP) is 3.75. The van der Waals surface area contributed by atoms with Gasteiger partial charge in [-0.2, -0.15) is 0 Å². The Morgan fingerprint density at radius 3 is 2.59 bits per heavy atom. The molecular formula is C16H18Cl2N2O2. The monoisotopic (exact) mass is 340 g/mol. The number of nitrogens with one attached hydrogen (secondary N) is 1. The number of rotatable bonds is 5. The van der Waals surface area contributed by atoms with Crippen LogP contribution in [0.25, 0.3) is 0 Å². The summed E-state index contributed by atoms with van der Waals surface area (Å²) in [6.07, 6.45) is 1.41. The highest BCUT2D eigenvalue weighted by Crippen LogP contribution is 2.29. The van der Waals surface area contributed by atoms with E-state index in [0.29, 0.717) is 27.9 Å². The zero-order valence-electron chi connectivity index (χ0n) is 12.5. The van der Waals surface area contributed by atoms with Gasteiger partial charge < -0.3 is 15.5 Å². The molecule has 0 radical (unpaired) electrons. The van der Waals surface area contributed by atoms with Gasteiger partial charge in [0.1, 0.15) is 12.0 Å². The van der Waals surface area contributed by atoms with E-state index in [1.807, 2.05) is 26.0 Å². The van der Waals surface area contributed by atoms with Crippen molar-refractivity contribution in [3.8, 4) is 0 Å². The number of hydrogen-bond acceptors (Lipinski definition) is 3. The molecule has 0 fully saturated rings. The van der Waals surface area contributed by atoms with E-state index in [0.717, 1.165) is 5.56 Å². The van der Waals surface area contributed by atoms with E-state index in [1.54, 1.807) is 12.1 Å². The molecule has 0 bridgehead atoms. The molecule has 1 aromatic heterocycles. The molecule has 2 aromatic rings. The predicted molar refractivity (Wildman–Crippen MR) is 88.4 cm³/mol. The SMILES string of the molecule is CC(C)(CNC(=O)c1coc(CN)c1)c1ccc(Cl)c(Cl)c1. The van der Waals surface area contributed by atoms with Gasteiger partial charge in [0.25, 0.3) is 5.91 Å². The van der Waals surface area contributed by atoms with Gasteiger partial charge in [0.15, 0.2) is 0 Å². The fraction of sp³-hybridized carbons (Fsp3) is 0.312. The molecule has 22 heavy (non-hydrogen) atoms. The molecule has 1 amide bonds. The van der Waals surface area contributed by atoms with Gasteiger partial charge in [-0.05, 0) is 23.8 Å². The normalized spacial score (nSPS) is 11.5. The van der Waals surface area contributed by atoms with Crippen LogP contribution in [-0.2, 0) is 12.0 Å². The smallest absolute Gasteiger partial charge is 0.254 e. The Kier molecular flexibility index (Phi) is 5.16. The van der Waals surface area contributed by atoms with E-state index in [9.17, 15) is 4.79 Å². The van der Waals surface area contributed by atoms with E-state index in [1.165, 1.54) is 6.26 Å². The molecule has 0 saturated carbocycles. The van der Waals surface area contributed by atoms with Gasteiger partial charge in [-0.1, -0.05) is 43.1 Å². The third-order valence-electron chi connectivity index (χ3n) is 3.51. The molecule has 0 saturated heterocycles. The molecule has 0 aliphatic rings. The minimum atomic E-state index is -0.287. The fourth-order valence-electron chi connectivity index (χ4n) is 2.03. The second kappa shape index (κ2) is 6.73. The van der Waals surface area contributed by atoms with E-state index < -0.39 is 0 Å². The Morgan fingerprint density at radius 2 is 2.00 bits per heavy atom. The average molecular weight is 341 g/mol. The summed E-state index contributed by atoms with van der Waals surface area (Å²) in [5, 5.41) is 3.91. The number of carbonyl (C=O) groups is 1. The van der Waals surface area contributed by atoms with E-state index in [-0.39, 0.29) is 17.9 Å². The van der Waals surface area contributed by atoms with Crippen molar-refractivity contribution in [2.24, 2.45) is 5.73 Å². The van der Waals surface area contributed by atoms with E-state index >= 15 is 0 Å². The molecule has 0 unspecified atom stereocenters. The first-order valence-electron chi connectivity index (χ1n) is 6.84. The van der Waals surface area contributed by atoms with Crippen LogP contribution in [0.4, 0.5) is 0 Å². The minimum Gasteiger partial charge on any atom is -0.467 e. The highest BCUT2D eigenvalue weighted by atomic mass is 35.5. The minimum absolute atomic E-state index is 0.198. The number of amides is 1. The molecule has 118 valence electrons. The molecule has 0 atom stereocenters. The lowest BCUT2D eigenvalue weighted by molar-refractivity contribution is 0.0945. The number of carbonyl (C=O) groups excluding carboxylic acids is 1. The summed E-state index contributed by atoms with van der Waals surface area (Å²) in [5.74, 6) is 0.380. The lowest BCUT2D eigenvalue weighted by Gasteiger charge is -2.26. The van der Waals surface area contributed by atoms with Gasteiger partial charge in [-0.3, -0.25) is 4.79 Å². The second-order valence-electron chi connectivity index (χ2n) is 5.70. The number of hydrogen-bond donors (Lipinski definition) is 2. The Hall–Kier alpha value is -1.49. The summed E-state index contributed by atoms with van der Waals surface area (Å²) in [7, 11) is 0. The van der Waals surface area contributed by atoms with Crippen LogP contribution in [0.2, 0.25) is 10.0 Å². The molecule has 6 heteroatoms. The molecule has 2 rings (SSSR count). The first-order valence-corrected chi connectivity index (χ1v) is 7.60. The van der Waals surface area contributed by atoms with Gasteiger partial charge in [0, 0.05) is 12.0 Å². The van der Waals surface area contributed by atoms with Gasteiger partial charge in [-0.15, -0.1) is 0 Å². The first-order chi connectivity index (χ1) is 10.3. The van der Waals surface area contributed by atoms with Crippen molar-refractivity contribution >= 4 is 29.1 Å². The first kappa shape index (κ1) is 16.9. The van der Waals surface area contributed by atoms with Crippen molar-refractivity contribution in [3.05, 3.63) is 57.5 Å². The lowest BCUT2D eigenvalue weighted by Crippen LogP contribution is -2.36. The Bertz CT molecular complexity index is 681. The average Bonchev–Trinajstić information content (AvgIpc) is 2.96. The maximum absolute atomic E-state index is 12.1. The van der Waals surface area contributed by atoms with Crippen molar-refractivity contribution < 1.29 is 9.21 Å². The summed E-state index contributed by atoms with van der Waals surface area (Å²) >= 11 is 12.0. The summed E-state index contributed by atoms with van der Waals surface area (Å²) in [6.45, 7) is 4.76. The molecule has 1 heterocycles. The van der Waals surface area contributed by atoms with Crippen molar-refractivity contribution in [1.82, 2.24) is 5.32 Å². The molecule has 0 aliphatic heterocycles. The van der Waals surface area contributed by atoms with Gasteiger partial charge in [-0.25, -0.2) is 0 Å². The number of furan rings is 1. The molecule has 0 aliphatic carbocycles. The Labute approximate surface area is 139 Å². The molecule has 1 aromatic carbocycles. The number of nitrogens with two attached hydrogens (primary N) is 1. The maximum atomic E-state index is 12.1. The van der Waals surface area contributed by atoms with Crippen molar-refractivity contribution in [2.45, 2.75) is 25.8 Å². The van der Waals surface area contributed by atoms with Crippen LogP contribution in [0.3, 0.4) is 0 Å². The van der Waals surface area contributed by atoms with Crippen LogP contribution in [0.5, 0.6) is 0 Å². The van der Waals surface area contributed by atoms with E-state index in [2.05, 4.69) is 5.32 Å². The summed E-state index contributed by atoms with van der Waals surface area (Å²) < 4.78 is 5.16. The zero-order valence-corrected chi connectivity index (χ0v) is 14.0. The largest absolute Gasteiger partial charge is 0.467 e. The number of benzene rings is 1.